The van der Waals surface area contributed by atoms with Crippen molar-refractivity contribution in [1.82, 2.24) is 19.7 Å². The van der Waals surface area contributed by atoms with E-state index in [0.29, 0.717) is 17.0 Å². The first kappa shape index (κ1) is 18.0. The molecule has 1 aliphatic heterocycles. The highest BCUT2D eigenvalue weighted by Gasteiger charge is 2.49. The third-order valence-electron chi connectivity index (χ3n) is 6.52. The Labute approximate surface area is 170 Å². The molecule has 2 fully saturated rings. The van der Waals surface area contributed by atoms with Gasteiger partial charge in [0.2, 0.25) is 5.88 Å². The lowest BCUT2D eigenvalue weighted by atomic mass is 9.81. The first-order valence-corrected chi connectivity index (χ1v) is 10.4. The molecule has 146 valence electrons. The van der Waals surface area contributed by atoms with Gasteiger partial charge in [0.1, 0.15) is 5.15 Å². The van der Waals surface area contributed by atoms with Crippen LogP contribution in [0.15, 0.2) is 42.6 Å². The van der Waals surface area contributed by atoms with Crippen molar-refractivity contribution in [3.8, 4) is 5.88 Å². The lowest BCUT2D eigenvalue weighted by Gasteiger charge is -2.28. The number of aryl methyl sites for hydroxylation is 1. The van der Waals surface area contributed by atoms with Crippen molar-refractivity contribution in [1.29, 1.82) is 0 Å². The molecule has 2 atom stereocenters. The van der Waals surface area contributed by atoms with Gasteiger partial charge in [0, 0.05) is 43.5 Å². The molecule has 0 radical (unpaired) electrons. The number of pyridine rings is 1. The maximum Gasteiger partial charge on any atom is 0.214 e. The summed E-state index contributed by atoms with van der Waals surface area (Å²) in [5, 5.41) is 6.05. The highest BCUT2D eigenvalue weighted by molar-refractivity contribution is 6.29. The van der Waals surface area contributed by atoms with Crippen LogP contribution < -0.4 is 4.74 Å². The predicted octanol–water partition coefficient (Wildman–Crippen LogP) is 4.30. The molecule has 1 aromatic carbocycles. The summed E-state index contributed by atoms with van der Waals surface area (Å²) in [6.07, 6.45) is 5.78. The highest BCUT2D eigenvalue weighted by atomic mass is 35.5. The monoisotopic (exact) mass is 396 g/mol. The molecule has 2 unspecified atom stereocenters. The fourth-order valence-corrected chi connectivity index (χ4v) is 5.29. The number of hydrogen-bond donors (Lipinski definition) is 0. The van der Waals surface area contributed by atoms with Gasteiger partial charge in [0.25, 0.3) is 0 Å². The second-order valence-corrected chi connectivity index (χ2v) is 8.76. The fraction of sp³-hybridized carbons (Fsp3) is 0.455. The molecule has 1 aliphatic carbocycles. The van der Waals surface area contributed by atoms with Crippen molar-refractivity contribution >= 4 is 22.5 Å². The number of ether oxygens (including phenoxy) is 1. The van der Waals surface area contributed by atoms with Gasteiger partial charge in [-0.3, -0.25) is 9.58 Å². The van der Waals surface area contributed by atoms with Crippen LogP contribution in [0.5, 0.6) is 5.88 Å². The molecule has 6 heteroatoms. The molecule has 3 heterocycles. The van der Waals surface area contributed by atoms with Crippen LogP contribution in [-0.4, -0.2) is 39.4 Å². The van der Waals surface area contributed by atoms with Gasteiger partial charge in [-0.25, -0.2) is 4.98 Å². The van der Waals surface area contributed by atoms with Gasteiger partial charge in [-0.1, -0.05) is 30.2 Å². The van der Waals surface area contributed by atoms with Crippen LogP contribution in [0.1, 0.15) is 24.8 Å². The van der Waals surface area contributed by atoms with Gasteiger partial charge in [-0.2, -0.15) is 5.10 Å². The maximum atomic E-state index is 6.10. The Morgan fingerprint density at radius 2 is 2.21 bits per heavy atom. The minimum absolute atomic E-state index is 0.238. The predicted molar refractivity (Wildman–Crippen MR) is 111 cm³/mol. The number of likely N-dealkylation sites (tertiary alicyclic amines) is 1. The number of benzene rings is 1. The summed E-state index contributed by atoms with van der Waals surface area (Å²) < 4.78 is 8.03. The van der Waals surface area contributed by atoms with E-state index in [1.807, 2.05) is 30.1 Å². The van der Waals surface area contributed by atoms with Crippen molar-refractivity contribution in [2.45, 2.75) is 25.8 Å². The lowest BCUT2D eigenvalue weighted by molar-refractivity contribution is 0.124. The Morgan fingerprint density at radius 3 is 3.11 bits per heavy atom. The van der Waals surface area contributed by atoms with Crippen molar-refractivity contribution in [2.75, 3.05) is 19.7 Å². The smallest absolute Gasteiger partial charge is 0.214 e. The summed E-state index contributed by atoms with van der Waals surface area (Å²) in [5.74, 6) is 1.34. The molecule has 28 heavy (non-hydrogen) atoms. The third kappa shape index (κ3) is 3.27. The first-order valence-electron chi connectivity index (χ1n) is 10.00. The van der Waals surface area contributed by atoms with E-state index in [4.69, 9.17) is 16.3 Å². The third-order valence-corrected chi connectivity index (χ3v) is 6.73. The van der Waals surface area contributed by atoms with Crippen LogP contribution >= 0.6 is 11.6 Å². The molecule has 1 saturated carbocycles. The van der Waals surface area contributed by atoms with Gasteiger partial charge < -0.3 is 4.74 Å². The van der Waals surface area contributed by atoms with E-state index in [-0.39, 0.29) is 5.41 Å². The van der Waals surface area contributed by atoms with Crippen LogP contribution in [-0.2, 0) is 13.6 Å². The summed E-state index contributed by atoms with van der Waals surface area (Å²) in [6.45, 7) is 3.95. The zero-order chi connectivity index (χ0) is 19.1. The van der Waals surface area contributed by atoms with E-state index < -0.39 is 0 Å². The van der Waals surface area contributed by atoms with Gasteiger partial charge in [-0.05, 0) is 42.5 Å². The second-order valence-electron chi connectivity index (χ2n) is 8.37. The highest BCUT2D eigenvalue weighted by Crippen LogP contribution is 2.49. The minimum atomic E-state index is 0.238. The minimum Gasteiger partial charge on any atom is -0.477 e. The van der Waals surface area contributed by atoms with Crippen molar-refractivity contribution in [3.05, 3.63) is 53.3 Å². The Bertz CT molecular complexity index is 1000. The van der Waals surface area contributed by atoms with Crippen molar-refractivity contribution in [3.63, 3.8) is 0 Å². The van der Waals surface area contributed by atoms with Crippen LogP contribution in [0.3, 0.4) is 0 Å². The van der Waals surface area contributed by atoms with Crippen LogP contribution in [0, 0.1) is 11.3 Å². The average molecular weight is 397 g/mol. The van der Waals surface area contributed by atoms with Gasteiger partial charge >= 0.3 is 0 Å². The van der Waals surface area contributed by atoms with Gasteiger partial charge in [0.15, 0.2) is 0 Å². The molecule has 5 nitrogen and oxygen atoms in total. The Kier molecular flexibility index (Phi) is 4.52. The SMILES string of the molecule is Cn1ncc2cc(CN3CC4CCCC4(COc4cccc(Cl)n4)C3)ccc21. The molecule has 1 saturated heterocycles. The van der Waals surface area contributed by atoms with Crippen LogP contribution in [0.4, 0.5) is 0 Å². The van der Waals surface area contributed by atoms with E-state index >= 15 is 0 Å². The Balaban J connectivity index is 1.29. The van der Waals surface area contributed by atoms with Crippen molar-refractivity contribution < 1.29 is 4.74 Å². The van der Waals surface area contributed by atoms with Crippen molar-refractivity contribution in [2.24, 2.45) is 18.4 Å². The summed E-state index contributed by atoms with van der Waals surface area (Å²) in [6, 6.07) is 12.2. The number of fused-ring (bicyclic) bond motifs is 2. The number of aromatic nitrogens is 3. The zero-order valence-electron chi connectivity index (χ0n) is 16.1. The van der Waals surface area contributed by atoms with E-state index in [2.05, 4.69) is 33.2 Å². The number of halogens is 1. The summed E-state index contributed by atoms with van der Waals surface area (Å²) in [4.78, 5) is 6.88. The second kappa shape index (κ2) is 7.05. The maximum absolute atomic E-state index is 6.10. The summed E-state index contributed by atoms with van der Waals surface area (Å²) >= 11 is 6.00. The molecule has 0 amide bonds. The standard InChI is InChI=1S/C22H25ClN4O/c1-26-19-8-7-16(10-17(19)11-24-26)12-27-13-18-4-3-9-22(18,14-27)15-28-21-6-2-5-20(23)25-21/h2,5-8,10-11,18H,3-4,9,12-15H2,1H3. The topological polar surface area (TPSA) is 43.2 Å². The van der Waals surface area contributed by atoms with E-state index in [1.165, 1.54) is 35.7 Å². The molecule has 0 bridgehead atoms. The van der Waals surface area contributed by atoms with Gasteiger partial charge in [-0.15, -0.1) is 0 Å². The Hall–Kier alpha value is -2.11. The largest absolute Gasteiger partial charge is 0.477 e. The quantitative estimate of drug-likeness (QED) is 0.603. The molecule has 5 rings (SSSR count). The van der Waals surface area contributed by atoms with E-state index in [0.717, 1.165) is 26.2 Å². The molecule has 3 aromatic rings. The number of rotatable bonds is 5. The average Bonchev–Trinajstić information content (AvgIpc) is 3.33. The lowest BCUT2D eigenvalue weighted by Crippen LogP contribution is -2.33. The summed E-state index contributed by atoms with van der Waals surface area (Å²) in [7, 11) is 1.99. The first-order chi connectivity index (χ1) is 13.6. The Morgan fingerprint density at radius 1 is 1.29 bits per heavy atom. The van der Waals surface area contributed by atoms with E-state index in [9.17, 15) is 0 Å². The molecule has 0 N–H and O–H groups in total. The molecular weight excluding hydrogens is 372 g/mol. The fourth-order valence-electron chi connectivity index (χ4n) is 5.14. The molecule has 2 aromatic heterocycles. The molecule has 0 spiro atoms. The zero-order valence-corrected chi connectivity index (χ0v) is 16.9. The molecular formula is C22H25ClN4O. The van der Waals surface area contributed by atoms with Crippen LogP contribution in [0.2, 0.25) is 5.15 Å². The normalized spacial score (nSPS) is 24.7. The summed E-state index contributed by atoms with van der Waals surface area (Å²) in [5.41, 5.74) is 2.77. The van der Waals surface area contributed by atoms with E-state index in [1.54, 1.807) is 6.07 Å². The molecule has 2 aliphatic rings. The number of hydrogen-bond acceptors (Lipinski definition) is 4. The van der Waals surface area contributed by atoms with Gasteiger partial charge in [0.05, 0.1) is 18.3 Å². The number of nitrogens with zero attached hydrogens (tertiary/aromatic N) is 4. The van der Waals surface area contributed by atoms with Crippen LogP contribution in [0.25, 0.3) is 10.9 Å².